The van der Waals surface area contributed by atoms with Gasteiger partial charge < -0.3 is 4.74 Å². The van der Waals surface area contributed by atoms with Crippen LogP contribution in [-0.2, 0) is 14.9 Å². The minimum atomic E-state index is -0.162. The minimum Gasteiger partial charge on any atom is -0.465 e. The summed E-state index contributed by atoms with van der Waals surface area (Å²) in [6.45, 7) is 7.17. The predicted molar refractivity (Wildman–Crippen MR) is 107 cm³/mol. The first-order valence-electron chi connectivity index (χ1n) is 9.82. The van der Waals surface area contributed by atoms with Crippen molar-refractivity contribution in [2.24, 2.45) is 0 Å². The van der Waals surface area contributed by atoms with E-state index < -0.39 is 0 Å². The van der Waals surface area contributed by atoms with E-state index in [-0.39, 0.29) is 16.6 Å². The van der Waals surface area contributed by atoms with Gasteiger partial charge in [-0.25, -0.2) is 0 Å². The first-order valence-corrected chi connectivity index (χ1v) is 10.7. The number of thioether (sulfide) groups is 1. The van der Waals surface area contributed by atoms with Crippen molar-refractivity contribution in [3.63, 3.8) is 0 Å². The second-order valence-electron chi connectivity index (χ2n) is 8.50. The van der Waals surface area contributed by atoms with Crippen LogP contribution in [0.1, 0.15) is 64.5 Å². The average molecular weight is 386 g/mol. The van der Waals surface area contributed by atoms with E-state index in [1.165, 1.54) is 30.2 Å². The molecule has 1 saturated carbocycles. The highest BCUT2D eigenvalue weighted by molar-refractivity contribution is 8.00. The van der Waals surface area contributed by atoms with E-state index in [0.717, 1.165) is 35.8 Å². The van der Waals surface area contributed by atoms with Crippen LogP contribution in [0.3, 0.4) is 0 Å². The molecular weight excluding hydrogens is 358 g/mol. The fourth-order valence-electron chi connectivity index (χ4n) is 3.88. The zero-order valence-corrected chi connectivity index (χ0v) is 17.1. The number of benzene rings is 1. The smallest absolute Gasteiger partial charge is 0.319 e. The van der Waals surface area contributed by atoms with Crippen molar-refractivity contribution in [2.75, 3.05) is 6.61 Å². The van der Waals surface area contributed by atoms with Crippen LogP contribution in [0.15, 0.2) is 29.4 Å². The molecule has 6 heteroatoms. The zero-order chi connectivity index (χ0) is 19.0. The molecule has 0 amide bonds. The van der Waals surface area contributed by atoms with Crippen LogP contribution in [0, 0.1) is 0 Å². The lowest BCUT2D eigenvalue weighted by Gasteiger charge is -2.20. The third-order valence-corrected chi connectivity index (χ3v) is 6.70. The van der Waals surface area contributed by atoms with Gasteiger partial charge in [-0.2, -0.15) is 0 Å². The van der Waals surface area contributed by atoms with Gasteiger partial charge in [0, 0.05) is 18.0 Å². The predicted octanol–water partition coefficient (Wildman–Crippen LogP) is 4.77. The molecule has 1 unspecified atom stereocenters. The van der Waals surface area contributed by atoms with Gasteiger partial charge in [-0.1, -0.05) is 69.6 Å². The molecule has 1 atom stereocenters. The van der Waals surface area contributed by atoms with Gasteiger partial charge in [-0.3, -0.25) is 9.36 Å². The number of nitrogens with zero attached hydrogens (tertiary/aromatic N) is 3. The highest BCUT2D eigenvalue weighted by Gasteiger charge is 2.32. The van der Waals surface area contributed by atoms with Crippen molar-refractivity contribution in [1.82, 2.24) is 14.8 Å². The van der Waals surface area contributed by atoms with Gasteiger partial charge in [-0.05, 0) is 23.8 Å². The van der Waals surface area contributed by atoms with Crippen molar-refractivity contribution >= 4 is 17.7 Å². The van der Waals surface area contributed by atoms with Crippen LogP contribution >= 0.6 is 11.8 Å². The molecule has 0 spiro atoms. The summed E-state index contributed by atoms with van der Waals surface area (Å²) in [6, 6.07) is 9.08. The number of aromatic nitrogens is 3. The molecule has 5 nitrogen and oxygen atoms in total. The summed E-state index contributed by atoms with van der Waals surface area (Å²) in [5.41, 5.74) is 2.52. The van der Waals surface area contributed by atoms with Gasteiger partial charge in [0.2, 0.25) is 0 Å². The maximum Gasteiger partial charge on any atom is 0.319 e. The summed E-state index contributed by atoms with van der Waals surface area (Å²) < 4.78 is 7.40. The molecule has 144 valence electrons. The molecular formula is C21H27N3O2S. The number of cyclic esters (lactones) is 1. The van der Waals surface area contributed by atoms with E-state index in [2.05, 4.69) is 59.8 Å². The van der Waals surface area contributed by atoms with E-state index in [1.54, 1.807) is 0 Å². The van der Waals surface area contributed by atoms with Gasteiger partial charge in [0.05, 0.1) is 6.61 Å². The fourth-order valence-corrected chi connectivity index (χ4v) is 4.95. The number of rotatable bonds is 4. The van der Waals surface area contributed by atoms with Crippen LogP contribution in [-0.4, -0.2) is 32.6 Å². The van der Waals surface area contributed by atoms with Gasteiger partial charge >= 0.3 is 5.97 Å². The molecule has 1 aromatic carbocycles. The highest BCUT2D eigenvalue weighted by Crippen LogP contribution is 2.39. The molecule has 2 heterocycles. The number of hydrogen-bond acceptors (Lipinski definition) is 5. The summed E-state index contributed by atoms with van der Waals surface area (Å²) in [5.74, 6) is 0.785. The fraction of sp³-hybridized carbons (Fsp3) is 0.571. The Morgan fingerprint density at radius 2 is 1.78 bits per heavy atom. The number of ether oxygens (including phenoxy) is 1. The monoisotopic (exact) mass is 385 g/mol. The van der Waals surface area contributed by atoms with Crippen molar-refractivity contribution in [2.45, 2.75) is 74.7 Å². The molecule has 1 aliphatic carbocycles. The van der Waals surface area contributed by atoms with Gasteiger partial charge in [0.1, 0.15) is 5.25 Å². The second kappa shape index (κ2) is 7.30. The third-order valence-electron chi connectivity index (χ3n) is 5.50. The molecule has 2 fully saturated rings. The Balaban J connectivity index is 1.68. The largest absolute Gasteiger partial charge is 0.465 e. The molecule has 0 N–H and O–H groups in total. The summed E-state index contributed by atoms with van der Waals surface area (Å²) in [5, 5.41) is 9.69. The van der Waals surface area contributed by atoms with E-state index >= 15 is 0 Å². The second-order valence-corrected chi connectivity index (χ2v) is 9.67. The summed E-state index contributed by atoms with van der Waals surface area (Å²) in [7, 11) is 0. The molecule has 1 aliphatic heterocycles. The lowest BCUT2D eigenvalue weighted by atomic mass is 9.86. The number of carbonyl (C=O) groups excluding carboxylic acids is 1. The Hall–Kier alpha value is -1.82. The van der Waals surface area contributed by atoms with Crippen molar-refractivity contribution in [1.29, 1.82) is 0 Å². The zero-order valence-electron chi connectivity index (χ0n) is 16.3. The number of carbonyl (C=O) groups is 1. The Morgan fingerprint density at radius 1 is 1.07 bits per heavy atom. The van der Waals surface area contributed by atoms with Crippen LogP contribution in [0.25, 0.3) is 11.4 Å². The Kier molecular flexibility index (Phi) is 5.01. The van der Waals surface area contributed by atoms with Gasteiger partial charge in [0.15, 0.2) is 11.0 Å². The van der Waals surface area contributed by atoms with Crippen molar-refractivity contribution in [3.8, 4) is 11.4 Å². The molecule has 0 radical (unpaired) electrons. The maximum absolute atomic E-state index is 11.9. The molecule has 2 aliphatic rings. The van der Waals surface area contributed by atoms with E-state index in [1.807, 2.05) is 0 Å². The first-order chi connectivity index (χ1) is 12.9. The maximum atomic E-state index is 11.9. The molecule has 2 aromatic rings. The van der Waals surface area contributed by atoms with E-state index in [4.69, 9.17) is 4.74 Å². The number of esters is 1. The molecule has 0 bridgehead atoms. The Labute approximate surface area is 164 Å². The molecule has 4 rings (SSSR count). The van der Waals surface area contributed by atoms with Crippen LogP contribution < -0.4 is 0 Å². The summed E-state index contributed by atoms with van der Waals surface area (Å²) >= 11 is 1.51. The summed E-state index contributed by atoms with van der Waals surface area (Å²) in [4.78, 5) is 11.9. The lowest BCUT2D eigenvalue weighted by Crippen LogP contribution is -2.14. The Bertz CT molecular complexity index is 817. The minimum absolute atomic E-state index is 0.126. The van der Waals surface area contributed by atoms with Crippen LogP contribution in [0.5, 0.6) is 0 Å². The molecule has 1 aromatic heterocycles. The van der Waals surface area contributed by atoms with Crippen molar-refractivity contribution < 1.29 is 9.53 Å². The first kappa shape index (κ1) is 18.5. The van der Waals surface area contributed by atoms with Gasteiger partial charge in [-0.15, -0.1) is 10.2 Å². The summed E-state index contributed by atoms with van der Waals surface area (Å²) in [6.07, 6.45) is 5.51. The topological polar surface area (TPSA) is 57.0 Å². The normalized spacial score (nSPS) is 21.0. The highest BCUT2D eigenvalue weighted by atomic mass is 32.2. The molecule has 27 heavy (non-hydrogen) atoms. The molecule has 1 saturated heterocycles. The third kappa shape index (κ3) is 3.77. The van der Waals surface area contributed by atoms with Crippen molar-refractivity contribution in [3.05, 3.63) is 29.8 Å². The Morgan fingerprint density at radius 3 is 2.37 bits per heavy atom. The average Bonchev–Trinajstić information content (AvgIpc) is 3.36. The van der Waals surface area contributed by atoms with E-state index in [0.29, 0.717) is 12.6 Å². The van der Waals surface area contributed by atoms with Crippen LogP contribution in [0.2, 0.25) is 0 Å². The SMILES string of the molecule is CC(C)(C)c1ccc(-c2nnc(SC3CCOC3=O)n2C2CCCC2)cc1. The number of hydrogen-bond donors (Lipinski definition) is 0. The van der Waals surface area contributed by atoms with E-state index in [9.17, 15) is 4.79 Å². The standard InChI is InChI=1S/C21H27N3O2S/c1-21(2,3)15-10-8-14(9-11-15)18-22-23-20(24(18)16-6-4-5-7-16)27-17-12-13-26-19(17)25/h8-11,16-17H,4-7,12-13H2,1-3H3. The van der Waals surface area contributed by atoms with Gasteiger partial charge in [0.25, 0.3) is 0 Å². The lowest BCUT2D eigenvalue weighted by molar-refractivity contribution is -0.137. The van der Waals surface area contributed by atoms with Crippen LogP contribution in [0.4, 0.5) is 0 Å². The quantitative estimate of drug-likeness (QED) is 0.710.